The maximum Gasteiger partial charge on any atom is 0.165 e. The van der Waals surface area contributed by atoms with Crippen molar-refractivity contribution in [3.05, 3.63) is 213 Å². The summed E-state index contributed by atoms with van der Waals surface area (Å²) in [5, 5.41) is 2.65. The Morgan fingerprint density at radius 2 is 0.687 bits per heavy atom. The van der Waals surface area contributed by atoms with Crippen LogP contribution in [-0.2, 0) is 27.1 Å². The molecule has 0 saturated heterocycles. The second kappa shape index (κ2) is 23.0. The summed E-state index contributed by atoms with van der Waals surface area (Å²) >= 11 is 0. The van der Waals surface area contributed by atoms with Gasteiger partial charge in [0.2, 0.25) is 0 Å². The molecule has 7 aromatic rings. The molecule has 7 rings (SSSR count). The van der Waals surface area contributed by atoms with Crippen LogP contribution in [0.4, 0.5) is 17.6 Å². The number of rotatable bonds is 1. The Balaban J connectivity index is 0.000000224. The van der Waals surface area contributed by atoms with Crippen molar-refractivity contribution in [2.75, 3.05) is 0 Å². The Labute approximate surface area is 402 Å². The van der Waals surface area contributed by atoms with Crippen LogP contribution in [0.1, 0.15) is 148 Å². The van der Waals surface area contributed by atoms with Crippen molar-refractivity contribution in [3.8, 4) is 11.1 Å². The van der Waals surface area contributed by atoms with Gasteiger partial charge >= 0.3 is 0 Å². The fourth-order valence-electron chi connectivity index (χ4n) is 7.17. The van der Waals surface area contributed by atoms with E-state index in [1.807, 2.05) is 0 Å². The standard InChI is InChI=1S/C16H18.C14H16.C11H12F4.2C11H16/c1-16(2,3)15-12-8-7-11-14(15)13-9-5-4-6-10-13;1-14(2,3)13-9-8-11-6-4-5-7-12(11)10-13;1-5-7(12)9(14)6(11(2,3)4)10(15)8(5)13;2*1-9-5-7-10(8-6-9)11(2,3)4/h4-12H,1-3H3;4-10H,1-3H3;1-4H3;2*5-8H,1-4H3. The summed E-state index contributed by atoms with van der Waals surface area (Å²) in [6, 6.07) is 51.9. The first-order valence-electron chi connectivity index (χ1n) is 23.5. The van der Waals surface area contributed by atoms with E-state index < -0.39 is 39.8 Å². The van der Waals surface area contributed by atoms with Gasteiger partial charge in [-0.1, -0.05) is 261 Å². The zero-order chi connectivity index (χ0) is 50.7. The quantitative estimate of drug-likeness (QED) is 0.114. The van der Waals surface area contributed by atoms with Crippen LogP contribution in [0.15, 0.2) is 146 Å². The van der Waals surface area contributed by atoms with Gasteiger partial charge in [-0.3, -0.25) is 0 Å². The molecule has 0 amide bonds. The molecule has 0 aliphatic carbocycles. The number of aryl methyl sites for hydroxylation is 2. The lowest BCUT2D eigenvalue weighted by atomic mass is 9.82. The van der Waals surface area contributed by atoms with Gasteiger partial charge in [-0.05, 0) is 92.0 Å². The van der Waals surface area contributed by atoms with E-state index in [-0.39, 0.29) is 21.7 Å². The molecule has 4 heteroatoms. The van der Waals surface area contributed by atoms with Crippen LogP contribution in [0.5, 0.6) is 0 Å². The van der Waals surface area contributed by atoms with Gasteiger partial charge in [0.25, 0.3) is 0 Å². The highest BCUT2D eigenvalue weighted by atomic mass is 19.2. The van der Waals surface area contributed by atoms with E-state index in [1.54, 1.807) is 0 Å². The van der Waals surface area contributed by atoms with E-state index in [9.17, 15) is 17.6 Å². The van der Waals surface area contributed by atoms with Crippen molar-refractivity contribution < 1.29 is 17.6 Å². The van der Waals surface area contributed by atoms with Crippen molar-refractivity contribution in [2.45, 2.75) is 152 Å². The van der Waals surface area contributed by atoms with Gasteiger partial charge in [0.05, 0.1) is 0 Å². The van der Waals surface area contributed by atoms with E-state index in [4.69, 9.17) is 0 Å². The summed E-state index contributed by atoms with van der Waals surface area (Å²) in [6.45, 7) is 36.6. The lowest BCUT2D eigenvalue weighted by Gasteiger charge is -2.23. The number of halogens is 4. The van der Waals surface area contributed by atoms with Crippen LogP contribution in [0.3, 0.4) is 0 Å². The molecule has 0 N–H and O–H groups in total. The van der Waals surface area contributed by atoms with E-state index >= 15 is 0 Å². The van der Waals surface area contributed by atoms with Crippen molar-refractivity contribution in [2.24, 2.45) is 0 Å². The molecule has 0 saturated carbocycles. The van der Waals surface area contributed by atoms with Crippen molar-refractivity contribution in [1.82, 2.24) is 0 Å². The maximum atomic E-state index is 13.4. The monoisotopic (exact) mass is 911 g/mol. The van der Waals surface area contributed by atoms with E-state index in [0.717, 1.165) is 6.92 Å². The molecule has 0 bridgehead atoms. The summed E-state index contributed by atoms with van der Waals surface area (Å²) in [7, 11) is 0. The number of hydrogen-bond acceptors (Lipinski definition) is 0. The van der Waals surface area contributed by atoms with E-state index in [1.165, 1.54) is 76.1 Å². The number of fused-ring (bicyclic) bond motifs is 1. The largest absolute Gasteiger partial charge is 0.203 e. The third-order valence-corrected chi connectivity index (χ3v) is 11.5. The molecule has 0 unspecified atom stereocenters. The highest BCUT2D eigenvalue weighted by Gasteiger charge is 2.30. The van der Waals surface area contributed by atoms with Gasteiger partial charge in [0, 0.05) is 11.1 Å². The minimum Gasteiger partial charge on any atom is -0.203 e. The third-order valence-electron chi connectivity index (χ3n) is 11.5. The minimum atomic E-state index is -1.32. The SMILES string of the molecule is CC(C)(C)c1ccc2ccccc2c1.CC(C)(C)c1ccccc1-c1ccccc1.Cc1c(F)c(F)c(C(C)(C)C)c(F)c1F.Cc1ccc(C(C)(C)C)cc1.Cc1ccc(C(C)(C)C)cc1. The van der Waals surface area contributed by atoms with Crippen molar-refractivity contribution in [3.63, 3.8) is 0 Å². The molecule has 0 atom stereocenters. The fourth-order valence-corrected chi connectivity index (χ4v) is 7.17. The van der Waals surface area contributed by atoms with Crippen molar-refractivity contribution >= 4 is 10.8 Å². The molecule has 0 aromatic heterocycles. The average molecular weight is 911 g/mol. The minimum absolute atomic E-state index is 0.187. The molecule has 7 aromatic carbocycles. The molecule has 0 heterocycles. The Bertz CT molecular complexity index is 2530. The van der Waals surface area contributed by atoms with Crippen LogP contribution in [0.25, 0.3) is 21.9 Å². The summed E-state index contributed by atoms with van der Waals surface area (Å²) in [6.07, 6.45) is 0. The lowest BCUT2D eigenvalue weighted by Crippen LogP contribution is -2.19. The van der Waals surface area contributed by atoms with Crippen molar-refractivity contribution in [1.29, 1.82) is 0 Å². The molecular formula is C63H78F4. The first-order chi connectivity index (χ1) is 30.8. The Kier molecular flexibility index (Phi) is 19.2. The molecule has 0 radical (unpaired) electrons. The zero-order valence-electron chi connectivity index (χ0n) is 43.9. The summed E-state index contributed by atoms with van der Waals surface area (Å²) < 4.78 is 53.2. The van der Waals surface area contributed by atoms with Gasteiger partial charge in [0.15, 0.2) is 23.3 Å². The van der Waals surface area contributed by atoms with Crippen LogP contribution in [-0.4, -0.2) is 0 Å². The first-order valence-corrected chi connectivity index (χ1v) is 23.5. The fraction of sp³-hybridized carbons (Fsp3) is 0.365. The number of hydrogen-bond donors (Lipinski definition) is 0. The molecule has 0 aliphatic heterocycles. The zero-order valence-corrected chi connectivity index (χ0v) is 43.9. The summed E-state index contributed by atoms with van der Waals surface area (Å²) in [5.41, 5.74) is 9.76. The highest BCUT2D eigenvalue weighted by Crippen LogP contribution is 2.34. The van der Waals surface area contributed by atoms with Gasteiger partial charge in [-0.25, -0.2) is 17.6 Å². The molecule has 0 fully saturated rings. The molecule has 0 nitrogen and oxygen atoms in total. The van der Waals surface area contributed by atoms with Gasteiger partial charge < -0.3 is 0 Å². The second-order valence-corrected chi connectivity index (χ2v) is 22.7. The summed E-state index contributed by atoms with van der Waals surface area (Å²) in [4.78, 5) is 0. The molecular weight excluding hydrogens is 833 g/mol. The normalized spacial score (nSPS) is 11.7. The van der Waals surface area contributed by atoms with Gasteiger partial charge in [-0.15, -0.1) is 0 Å². The van der Waals surface area contributed by atoms with E-state index in [0.29, 0.717) is 0 Å². The van der Waals surface area contributed by atoms with Gasteiger partial charge in [0.1, 0.15) is 0 Å². The average Bonchev–Trinajstić information content (AvgIpc) is 3.25. The Hall–Kier alpha value is -5.48. The predicted octanol–water partition coefficient (Wildman–Crippen LogP) is 19.2. The van der Waals surface area contributed by atoms with Crippen LogP contribution < -0.4 is 0 Å². The lowest BCUT2D eigenvalue weighted by molar-refractivity contribution is 0.398. The highest BCUT2D eigenvalue weighted by molar-refractivity contribution is 5.83. The van der Waals surface area contributed by atoms with Crippen LogP contribution in [0.2, 0.25) is 0 Å². The van der Waals surface area contributed by atoms with E-state index in [2.05, 4.69) is 243 Å². The van der Waals surface area contributed by atoms with Crippen LogP contribution >= 0.6 is 0 Å². The third kappa shape index (κ3) is 16.7. The molecule has 67 heavy (non-hydrogen) atoms. The Morgan fingerprint density at radius 1 is 0.313 bits per heavy atom. The summed E-state index contributed by atoms with van der Waals surface area (Å²) in [5.74, 6) is -5.25. The molecule has 0 spiro atoms. The second-order valence-electron chi connectivity index (χ2n) is 22.7. The first kappa shape index (κ1) is 55.8. The predicted molar refractivity (Wildman–Crippen MR) is 283 cm³/mol. The topological polar surface area (TPSA) is 0 Å². The van der Waals surface area contributed by atoms with Gasteiger partial charge in [-0.2, -0.15) is 0 Å². The molecule has 0 aliphatic rings. The van der Waals surface area contributed by atoms with Crippen LogP contribution in [0, 0.1) is 44.0 Å². The Morgan fingerprint density at radius 3 is 1.09 bits per heavy atom. The smallest absolute Gasteiger partial charge is 0.165 e. The maximum absolute atomic E-state index is 13.4. The number of benzene rings is 7. The molecule has 358 valence electrons.